The third-order valence-electron chi connectivity index (χ3n) is 3.92. The molecule has 3 aromatic rings. The standard InChI is InChI=1S/C17H18N2O4S3/c1-18-8-3-5-13(18)11-19(12-14-6-4-9-24-14)26(21,22)15-7-10-25-16(15)17(20)23-2/h3-10H,11-12H2,1-2H3. The van der Waals surface area contributed by atoms with E-state index in [4.69, 9.17) is 4.74 Å². The van der Waals surface area contributed by atoms with Crippen LogP contribution in [0.1, 0.15) is 20.2 Å². The number of nitrogens with zero attached hydrogens (tertiary/aromatic N) is 2. The van der Waals surface area contributed by atoms with Gasteiger partial charge in [-0.2, -0.15) is 4.31 Å². The second kappa shape index (κ2) is 7.75. The van der Waals surface area contributed by atoms with Crippen LogP contribution in [0.5, 0.6) is 0 Å². The lowest BCUT2D eigenvalue weighted by molar-refractivity contribution is 0.0602. The fourth-order valence-corrected chi connectivity index (χ4v) is 6.02. The highest BCUT2D eigenvalue weighted by Crippen LogP contribution is 2.29. The highest BCUT2D eigenvalue weighted by Gasteiger charge is 2.31. The maximum Gasteiger partial charge on any atom is 0.349 e. The third-order valence-corrected chi connectivity index (χ3v) is 7.64. The molecule has 3 rings (SSSR count). The van der Waals surface area contributed by atoms with Crippen molar-refractivity contribution in [3.8, 4) is 0 Å². The molecule has 0 aliphatic rings. The summed E-state index contributed by atoms with van der Waals surface area (Å²) in [6.07, 6.45) is 1.87. The lowest BCUT2D eigenvalue weighted by atomic mass is 10.4. The number of carbonyl (C=O) groups is 1. The molecule has 0 spiro atoms. The Morgan fingerprint density at radius 1 is 1.15 bits per heavy atom. The van der Waals surface area contributed by atoms with Crippen LogP contribution >= 0.6 is 22.7 Å². The van der Waals surface area contributed by atoms with Crippen LogP contribution in [0.2, 0.25) is 0 Å². The van der Waals surface area contributed by atoms with Gasteiger partial charge in [0.1, 0.15) is 9.77 Å². The van der Waals surface area contributed by atoms with Crippen LogP contribution in [0.25, 0.3) is 0 Å². The van der Waals surface area contributed by atoms with Gasteiger partial charge in [-0.1, -0.05) is 6.07 Å². The molecule has 0 amide bonds. The number of hydrogen-bond donors (Lipinski definition) is 0. The van der Waals surface area contributed by atoms with Gasteiger partial charge in [-0.05, 0) is 35.0 Å². The maximum absolute atomic E-state index is 13.3. The Kier molecular flexibility index (Phi) is 5.61. The van der Waals surface area contributed by atoms with Crippen molar-refractivity contribution >= 4 is 38.7 Å². The van der Waals surface area contributed by atoms with Crippen molar-refractivity contribution in [1.29, 1.82) is 0 Å². The van der Waals surface area contributed by atoms with E-state index in [2.05, 4.69) is 0 Å². The number of aryl methyl sites for hydroxylation is 1. The molecule has 6 nitrogen and oxygen atoms in total. The average Bonchev–Trinajstić information content (AvgIpc) is 3.36. The molecule has 0 aliphatic heterocycles. The van der Waals surface area contributed by atoms with Crippen molar-refractivity contribution in [2.75, 3.05) is 7.11 Å². The van der Waals surface area contributed by atoms with Gasteiger partial charge in [0.2, 0.25) is 10.0 Å². The van der Waals surface area contributed by atoms with E-state index in [9.17, 15) is 13.2 Å². The van der Waals surface area contributed by atoms with Gasteiger partial charge in [0.15, 0.2) is 0 Å². The number of thiophene rings is 2. The summed E-state index contributed by atoms with van der Waals surface area (Å²) in [5.74, 6) is -0.645. The number of rotatable bonds is 7. The van der Waals surface area contributed by atoms with Crippen LogP contribution in [0.15, 0.2) is 52.2 Å². The van der Waals surface area contributed by atoms with Crippen LogP contribution < -0.4 is 0 Å². The molecule has 0 radical (unpaired) electrons. The second-order valence-electron chi connectivity index (χ2n) is 5.57. The predicted molar refractivity (Wildman–Crippen MR) is 102 cm³/mol. The predicted octanol–water partition coefficient (Wildman–Crippen LogP) is 3.33. The Labute approximate surface area is 160 Å². The molecule has 3 aromatic heterocycles. The lowest BCUT2D eigenvalue weighted by Crippen LogP contribution is -2.31. The van der Waals surface area contributed by atoms with Crippen LogP contribution in [-0.2, 0) is 34.9 Å². The highest BCUT2D eigenvalue weighted by atomic mass is 32.2. The average molecular weight is 411 g/mol. The molecule has 0 saturated heterocycles. The molecule has 26 heavy (non-hydrogen) atoms. The summed E-state index contributed by atoms with van der Waals surface area (Å²) in [6.45, 7) is 0.446. The number of carbonyl (C=O) groups excluding carboxylic acids is 1. The van der Waals surface area contributed by atoms with Gasteiger partial charge in [-0.3, -0.25) is 0 Å². The van der Waals surface area contributed by atoms with Gasteiger partial charge in [-0.15, -0.1) is 22.7 Å². The van der Waals surface area contributed by atoms with E-state index < -0.39 is 16.0 Å². The van der Waals surface area contributed by atoms with E-state index in [-0.39, 0.29) is 22.9 Å². The number of sulfonamides is 1. The first-order valence-corrected chi connectivity index (χ1v) is 10.9. The van der Waals surface area contributed by atoms with Crippen LogP contribution in [0.3, 0.4) is 0 Å². The van der Waals surface area contributed by atoms with Gasteiger partial charge in [-0.25, -0.2) is 13.2 Å². The van der Waals surface area contributed by atoms with Gasteiger partial charge in [0.05, 0.1) is 13.7 Å². The van der Waals surface area contributed by atoms with E-state index in [1.165, 1.54) is 28.8 Å². The maximum atomic E-state index is 13.3. The van der Waals surface area contributed by atoms with Crippen molar-refractivity contribution in [3.63, 3.8) is 0 Å². The molecular formula is C17H18N2O4S3. The SMILES string of the molecule is COC(=O)c1sccc1S(=O)(=O)N(Cc1cccs1)Cc1cccn1C. The number of aromatic nitrogens is 1. The Morgan fingerprint density at radius 3 is 2.58 bits per heavy atom. The van der Waals surface area contributed by atoms with Crippen LogP contribution in [-0.4, -0.2) is 30.4 Å². The van der Waals surface area contributed by atoms with Gasteiger partial charge in [0.25, 0.3) is 0 Å². The molecule has 138 valence electrons. The van der Waals surface area contributed by atoms with Crippen molar-refractivity contribution < 1.29 is 17.9 Å². The molecule has 0 unspecified atom stereocenters. The zero-order valence-corrected chi connectivity index (χ0v) is 16.7. The van der Waals surface area contributed by atoms with Crippen molar-refractivity contribution in [2.45, 2.75) is 18.0 Å². The molecule has 0 saturated carbocycles. The van der Waals surface area contributed by atoms with Gasteiger partial charge in [0, 0.05) is 30.4 Å². The molecule has 3 heterocycles. The molecule has 9 heteroatoms. The van der Waals surface area contributed by atoms with E-state index in [0.717, 1.165) is 21.9 Å². The molecule has 0 atom stereocenters. The smallest absolute Gasteiger partial charge is 0.349 e. The van der Waals surface area contributed by atoms with Gasteiger partial charge < -0.3 is 9.30 Å². The van der Waals surface area contributed by atoms with E-state index >= 15 is 0 Å². The van der Waals surface area contributed by atoms with Crippen molar-refractivity contribution in [2.24, 2.45) is 7.05 Å². The zero-order chi connectivity index (χ0) is 18.7. The topological polar surface area (TPSA) is 68.6 Å². The Morgan fingerprint density at radius 2 is 1.96 bits per heavy atom. The molecule has 0 N–H and O–H groups in total. The molecule has 0 aromatic carbocycles. The minimum atomic E-state index is -3.88. The third kappa shape index (κ3) is 3.75. The number of hydrogen-bond acceptors (Lipinski definition) is 6. The first kappa shape index (κ1) is 18.8. The van der Waals surface area contributed by atoms with Crippen LogP contribution in [0.4, 0.5) is 0 Å². The fraction of sp³-hybridized carbons (Fsp3) is 0.235. The minimum absolute atomic E-state index is 0.0138. The summed E-state index contributed by atoms with van der Waals surface area (Å²) >= 11 is 2.56. The molecule has 0 aliphatic carbocycles. The van der Waals surface area contributed by atoms with E-state index in [1.807, 2.05) is 47.5 Å². The lowest BCUT2D eigenvalue weighted by Gasteiger charge is -2.22. The Balaban J connectivity index is 2.01. The summed E-state index contributed by atoms with van der Waals surface area (Å²) < 4.78 is 34.6. The number of esters is 1. The summed E-state index contributed by atoms with van der Waals surface area (Å²) in [4.78, 5) is 13.0. The first-order chi connectivity index (χ1) is 12.4. The molecule has 0 fully saturated rings. The quantitative estimate of drug-likeness (QED) is 0.560. The normalized spacial score (nSPS) is 11.8. The number of ether oxygens (including phenoxy) is 1. The van der Waals surface area contributed by atoms with Gasteiger partial charge >= 0.3 is 5.97 Å². The van der Waals surface area contributed by atoms with Crippen molar-refractivity contribution in [1.82, 2.24) is 8.87 Å². The fourth-order valence-electron chi connectivity index (χ4n) is 2.52. The highest BCUT2D eigenvalue weighted by molar-refractivity contribution is 7.89. The largest absolute Gasteiger partial charge is 0.465 e. The summed E-state index contributed by atoms with van der Waals surface area (Å²) in [5.41, 5.74) is 0.861. The van der Waals surface area contributed by atoms with Crippen molar-refractivity contribution in [3.05, 3.63) is 62.7 Å². The Bertz CT molecular complexity index is 987. The Hall–Kier alpha value is -1.94. The first-order valence-electron chi connectivity index (χ1n) is 7.72. The van der Waals surface area contributed by atoms with E-state index in [1.54, 1.807) is 5.38 Å². The second-order valence-corrected chi connectivity index (χ2v) is 9.42. The summed E-state index contributed by atoms with van der Waals surface area (Å²) in [7, 11) is -0.763. The number of methoxy groups -OCH3 is 1. The zero-order valence-electron chi connectivity index (χ0n) is 14.3. The summed E-state index contributed by atoms with van der Waals surface area (Å²) in [6, 6.07) is 8.99. The molecular weight excluding hydrogens is 392 g/mol. The van der Waals surface area contributed by atoms with Crippen LogP contribution in [0, 0.1) is 0 Å². The summed E-state index contributed by atoms with van der Waals surface area (Å²) in [5, 5.41) is 3.50. The van der Waals surface area contributed by atoms with E-state index in [0.29, 0.717) is 0 Å². The monoisotopic (exact) mass is 410 g/mol. The molecule has 0 bridgehead atoms. The minimum Gasteiger partial charge on any atom is -0.465 e.